The molecular formula is C17H28N2O5S. The van der Waals surface area contributed by atoms with Gasteiger partial charge in [-0.1, -0.05) is 12.1 Å². The zero-order valence-electron chi connectivity index (χ0n) is 15.3. The molecule has 0 saturated carbocycles. The van der Waals surface area contributed by atoms with Crippen LogP contribution in [0.2, 0.25) is 0 Å². The lowest BCUT2D eigenvalue weighted by Gasteiger charge is -2.14. The number of amides is 1. The second-order valence-electron chi connectivity index (χ2n) is 6.07. The van der Waals surface area contributed by atoms with Crippen molar-refractivity contribution in [2.45, 2.75) is 32.9 Å². The van der Waals surface area contributed by atoms with Crippen LogP contribution in [-0.2, 0) is 26.1 Å². The minimum Gasteiger partial charge on any atom is -0.484 e. The second-order valence-corrected chi connectivity index (χ2v) is 8.16. The highest BCUT2D eigenvalue weighted by Gasteiger charge is 2.11. The van der Waals surface area contributed by atoms with E-state index in [0.29, 0.717) is 18.9 Å². The molecule has 0 fully saturated rings. The monoisotopic (exact) mass is 372 g/mol. The Balaban J connectivity index is 2.30. The highest BCUT2D eigenvalue weighted by Crippen LogP contribution is 2.14. The second kappa shape index (κ2) is 10.4. The lowest BCUT2D eigenvalue weighted by atomic mass is 10.2. The van der Waals surface area contributed by atoms with Crippen LogP contribution in [0.25, 0.3) is 0 Å². The lowest BCUT2D eigenvalue weighted by molar-refractivity contribution is -0.123. The fraction of sp³-hybridized carbons (Fsp3) is 0.588. The Morgan fingerprint density at radius 2 is 1.88 bits per heavy atom. The average molecular weight is 372 g/mol. The van der Waals surface area contributed by atoms with E-state index in [1.165, 1.54) is 11.4 Å². The summed E-state index contributed by atoms with van der Waals surface area (Å²) in [5.41, 5.74) is 0.842. The molecular weight excluding hydrogens is 344 g/mol. The Kier molecular flexibility index (Phi) is 8.88. The van der Waals surface area contributed by atoms with Gasteiger partial charge >= 0.3 is 0 Å². The van der Waals surface area contributed by atoms with Crippen molar-refractivity contribution in [3.8, 4) is 5.75 Å². The van der Waals surface area contributed by atoms with Gasteiger partial charge in [-0.25, -0.2) is 12.7 Å². The number of sulfonamides is 1. The standard InChI is InChI=1S/C17H28N2O5S/c1-14(2)23-11-5-10-18-17(20)13-24-16-8-6-15(7-9-16)12-19(3)25(4,21)22/h6-9,14H,5,10-13H2,1-4H3,(H,18,20). The molecule has 1 N–H and O–H groups in total. The molecule has 0 spiro atoms. The van der Waals surface area contributed by atoms with Gasteiger partial charge in [-0.2, -0.15) is 0 Å². The number of benzene rings is 1. The first-order chi connectivity index (χ1) is 11.7. The maximum Gasteiger partial charge on any atom is 0.257 e. The number of hydrogen-bond donors (Lipinski definition) is 1. The lowest BCUT2D eigenvalue weighted by Crippen LogP contribution is -2.30. The van der Waals surface area contributed by atoms with Crippen LogP contribution in [-0.4, -0.2) is 57.8 Å². The van der Waals surface area contributed by atoms with Gasteiger partial charge in [0.1, 0.15) is 5.75 Å². The maximum absolute atomic E-state index is 11.7. The number of nitrogens with zero attached hydrogens (tertiary/aromatic N) is 1. The minimum absolute atomic E-state index is 0.0619. The van der Waals surface area contributed by atoms with Crippen molar-refractivity contribution >= 4 is 15.9 Å². The van der Waals surface area contributed by atoms with Crippen molar-refractivity contribution in [3.63, 3.8) is 0 Å². The molecule has 0 unspecified atom stereocenters. The van der Waals surface area contributed by atoms with Crippen LogP contribution < -0.4 is 10.1 Å². The summed E-state index contributed by atoms with van der Waals surface area (Å²) in [6, 6.07) is 6.99. The summed E-state index contributed by atoms with van der Waals surface area (Å²) in [5.74, 6) is 0.370. The fourth-order valence-electron chi connectivity index (χ4n) is 1.88. The highest BCUT2D eigenvalue weighted by atomic mass is 32.2. The molecule has 0 radical (unpaired) electrons. The zero-order chi connectivity index (χ0) is 18.9. The van der Waals surface area contributed by atoms with E-state index in [1.54, 1.807) is 24.3 Å². The summed E-state index contributed by atoms with van der Waals surface area (Å²) in [5, 5.41) is 2.76. The Morgan fingerprint density at radius 1 is 1.24 bits per heavy atom. The third-order valence-corrected chi connectivity index (χ3v) is 4.62. The summed E-state index contributed by atoms with van der Waals surface area (Å²) in [7, 11) is -1.69. The molecule has 8 heteroatoms. The summed E-state index contributed by atoms with van der Waals surface area (Å²) in [4.78, 5) is 11.7. The van der Waals surface area contributed by atoms with Crippen molar-refractivity contribution in [1.82, 2.24) is 9.62 Å². The fourth-order valence-corrected chi connectivity index (χ4v) is 2.27. The van der Waals surface area contributed by atoms with Crippen molar-refractivity contribution in [2.24, 2.45) is 0 Å². The summed E-state index contributed by atoms with van der Waals surface area (Å²) < 4.78 is 34.8. The SMILES string of the molecule is CC(C)OCCCNC(=O)COc1ccc(CN(C)S(C)(=O)=O)cc1. The molecule has 1 rings (SSSR count). The topological polar surface area (TPSA) is 84.9 Å². The summed E-state index contributed by atoms with van der Waals surface area (Å²) in [6.07, 6.45) is 2.11. The summed E-state index contributed by atoms with van der Waals surface area (Å²) >= 11 is 0. The number of ether oxygens (including phenoxy) is 2. The molecule has 1 amide bonds. The largest absolute Gasteiger partial charge is 0.484 e. The Morgan fingerprint density at radius 3 is 2.44 bits per heavy atom. The van der Waals surface area contributed by atoms with E-state index in [0.717, 1.165) is 18.2 Å². The minimum atomic E-state index is -3.21. The molecule has 0 bridgehead atoms. The van der Waals surface area contributed by atoms with Gasteiger partial charge < -0.3 is 14.8 Å². The van der Waals surface area contributed by atoms with Gasteiger partial charge in [-0.3, -0.25) is 4.79 Å². The first-order valence-corrected chi connectivity index (χ1v) is 10.0. The van der Waals surface area contributed by atoms with Crippen molar-refractivity contribution < 1.29 is 22.7 Å². The molecule has 0 aliphatic heterocycles. The number of carbonyl (C=O) groups excluding carboxylic acids is 1. The number of carbonyl (C=O) groups is 1. The first-order valence-electron chi connectivity index (χ1n) is 8.20. The predicted octanol–water partition coefficient (Wildman–Crippen LogP) is 1.39. The van der Waals surface area contributed by atoms with Gasteiger partial charge in [0.25, 0.3) is 5.91 Å². The van der Waals surface area contributed by atoms with Crippen LogP contribution in [0.1, 0.15) is 25.8 Å². The van der Waals surface area contributed by atoms with Crippen molar-refractivity contribution in [1.29, 1.82) is 0 Å². The Bertz CT molecular complexity index is 629. The molecule has 7 nitrogen and oxygen atoms in total. The van der Waals surface area contributed by atoms with Gasteiger partial charge in [-0.15, -0.1) is 0 Å². The predicted molar refractivity (Wildman–Crippen MR) is 97.0 cm³/mol. The van der Waals surface area contributed by atoms with Crippen LogP contribution in [0.5, 0.6) is 5.75 Å². The van der Waals surface area contributed by atoms with Gasteiger partial charge in [-0.05, 0) is 38.0 Å². The zero-order valence-corrected chi connectivity index (χ0v) is 16.1. The van der Waals surface area contributed by atoms with Crippen molar-refractivity contribution in [2.75, 3.05) is 33.1 Å². The van der Waals surface area contributed by atoms with Gasteiger partial charge in [0.15, 0.2) is 6.61 Å². The molecule has 1 aromatic carbocycles. The van der Waals surface area contributed by atoms with Crippen LogP contribution in [0.3, 0.4) is 0 Å². The molecule has 0 atom stereocenters. The van der Waals surface area contributed by atoms with Gasteiger partial charge in [0.05, 0.1) is 12.4 Å². The summed E-state index contributed by atoms with van der Waals surface area (Å²) in [6.45, 7) is 5.33. The highest BCUT2D eigenvalue weighted by molar-refractivity contribution is 7.88. The Labute approximate surface area is 150 Å². The number of rotatable bonds is 11. The molecule has 0 aromatic heterocycles. The van der Waals surface area contributed by atoms with E-state index in [1.807, 2.05) is 13.8 Å². The molecule has 0 aliphatic rings. The molecule has 142 valence electrons. The first kappa shape index (κ1) is 21.4. The van der Waals surface area contributed by atoms with E-state index in [2.05, 4.69) is 5.32 Å². The molecule has 0 heterocycles. The van der Waals surface area contributed by atoms with Crippen LogP contribution in [0.4, 0.5) is 0 Å². The van der Waals surface area contributed by atoms with E-state index < -0.39 is 10.0 Å². The molecule has 0 saturated heterocycles. The average Bonchev–Trinajstić information content (AvgIpc) is 2.52. The van der Waals surface area contributed by atoms with Crippen LogP contribution in [0, 0.1) is 0 Å². The third kappa shape index (κ3) is 9.42. The smallest absolute Gasteiger partial charge is 0.257 e. The number of hydrogen-bond acceptors (Lipinski definition) is 5. The van der Waals surface area contributed by atoms with E-state index in [4.69, 9.17) is 9.47 Å². The van der Waals surface area contributed by atoms with Crippen LogP contribution in [0.15, 0.2) is 24.3 Å². The van der Waals surface area contributed by atoms with Gasteiger partial charge in [0.2, 0.25) is 10.0 Å². The van der Waals surface area contributed by atoms with Crippen molar-refractivity contribution in [3.05, 3.63) is 29.8 Å². The van der Waals surface area contributed by atoms with E-state index >= 15 is 0 Å². The third-order valence-electron chi connectivity index (χ3n) is 3.36. The number of nitrogens with one attached hydrogen (secondary N) is 1. The van der Waals surface area contributed by atoms with Crippen LogP contribution >= 0.6 is 0 Å². The van der Waals surface area contributed by atoms with E-state index in [-0.39, 0.29) is 25.2 Å². The maximum atomic E-state index is 11.7. The van der Waals surface area contributed by atoms with Gasteiger partial charge in [0, 0.05) is 26.7 Å². The Hall–Kier alpha value is -1.64. The molecule has 1 aromatic rings. The van der Waals surface area contributed by atoms with E-state index in [9.17, 15) is 13.2 Å². The quantitative estimate of drug-likeness (QED) is 0.593. The molecule has 25 heavy (non-hydrogen) atoms. The molecule has 0 aliphatic carbocycles. The normalized spacial score (nSPS) is 11.8.